The zero-order valence-corrected chi connectivity index (χ0v) is 9.93. The molecule has 2 heterocycles. The van der Waals surface area contributed by atoms with Crippen LogP contribution in [0.2, 0.25) is 0 Å². The van der Waals surface area contributed by atoms with Crippen LogP contribution in [0.5, 0.6) is 0 Å². The van der Waals surface area contributed by atoms with Gasteiger partial charge in [0.25, 0.3) is 0 Å². The number of carbonyl (C=O) groups is 1. The predicted octanol–water partition coefficient (Wildman–Crippen LogP) is 0.796. The van der Waals surface area contributed by atoms with Crippen molar-refractivity contribution in [1.82, 2.24) is 4.98 Å². The van der Waals surface area contributed by atoms with Crippen LogP contribution in [-0.2, 0) is 4.74 Å². The monoisotopic (exact) mass is 235 g/mol. The highest BCUT2D eigenvalue weighted by Crippen LogP contribution is 2.18. The van der Waals surface area contributed by atoms with E-state index in [1.807, 2.05) is 6.07 Å². The molecule has 0 unspecified atom stereocenters. The number of aromatic nitrogens is 1. The summed E-state index contributed by atoms with van der Waals surface area (Å²) in [5, 5.41) is 0. The van der Waals surface area contributed by atoms with Gasteiger partial charge in [0.15, 0.2) is 0 Å². The number of hydrogen-bond donors (Lipinski definition) is 1. The Kier molecular flexibility index (Phi) is 3.58. The van der Waals surface area contributed by atoms with Gasteiger partial charge in [-0.2, -0.15) is 0 Å². The van der Waals surface area contributed by atoms with Gasteiger partial charge in [0.1, 0.15) is 5.69 Å². The van der Waals surface area contributed by atoms with E-state index in [4.69, 9.17) is 5.73 Å². The predicted molar refractivity (Wildman–Crippen MR) is 65.0 cm³/mol. The van der Waals surface area contributed by atoms with Gasteiger partial charge in [-0.1, -0.05) is 0 Å². The quantitative estimate of drug-likeness (QED) is 0.768. The number of anilines is 1. The highest BCUT2D eigenvalue weighted by molar-refractivity contribution is 5.87. The highest BCUT2D eigenvalue weighted by atomic mass is 16.5. The van der Waals surface area contributed by atoms with Crippen LogP contribution >= 0.6 is 0 Å². The van der Waals surface area contributed by atoms with E-state index in [2.05, 4.69) is 14.6 Å². The number of hydrogen-bond acceptors (Lipinski definition) is 5. The van der Waals surface area contributed by atoms with Crippen molar-refractivity contribution in [3.63, 3.8) is 0 Å². The smallest absolute Gasteiger partial charge is 0.356 e. The molecule has 2 N–H and O–H groups in total. The molecule has 0 amide bonds. The molecule has 2 rings (SSSR count). The molecular formula is C12H17N3O2. The van der Waals surface area contributed by atoms with E-state index in [1.165, 1.54) is 7.11 Å². The number of methoxy groups -OCH3 is 1. The molecule has 1 saturated heterocycles. The normalized spacial score (nSPS) is 20.1. The molecule has 0 aliphatic carbocycles. The Balaban J connectivity index is 2.09. The lowest BCUT2D eigenvalue weighted by molar-refractivity contribution is 0.0594. The van der Waals surface area contributed by atoms with Crippen LogP contribution in [0.4, 0.5) is 5.69 Å². The summed E-state index contributed by atoms with van der Waals surface area (Å²) in [7, 11) is 1.35. The number of nitrogens with two attached hydrogens (primary N) is 1. The van der Waals surface area contributed by atoms with Crippen LogP contribution in [0.15, 0.2) is 18.3 Å². The Hall–Kier alpha value is -1.62. The topological polar surface area (TPSA) is 68.5 Å². The summed E-state index contributed by atoms with van der Waals surface area (Å²) in [6.45, 7) is 1.84. The molecule has 1 aromatic rings. The van der Waals surface area contributed by atoms with Crippen LogP contribution in [0.3, 0.4) is 0 Å². The molecule has 92 valence electrons. The second-order valence-corrected chi connectivity index (χ2v) is 4.24. The number of esters is 1. The maximum atomic E-state index is 11.2. The molecule has 0 bridgehead atoms. The lowest BCUT2D eigenvalue weighted by Crippen LogP contribution is -2.42. The van der Waals surface area contributed by atoms with E-state index >= 15 is 0 Å². The van der Waals surface area contributed by atoms with E-state index in [0.717, 1.165) is 31.6 Å². The number of piperidine rings is 1. The standard InChI is InChI=1S/C12H17N3O2/c1-17-12(16)11-5-4-10(7-14-11)15-6-2-3-9(13)8-15/h4-5,7,9H,2-3,6,8,13H2,1H3/t9-/m0/s1. The van der Waals surface area contributed by atoms with Gasteiger partial charge >= 0.3 is 5.97 Å². The van der Waals surface area contributed by atoms with Crippen molar-refractivity contribution in [1.29, 1.82) is 0 Å². The summed E-state index contributed by atoms with van der Waals surface area (Å²) in [5.41, 5.74) is 7.26. The van der Waals surface area contributed by atoms with E-state index < -0.39 is 5.97 Å². The third-order valence-electron chi connectivity index (χ3n) is 2.97. The molecular weight excluding hydrogens is 218 g/mol. The van der Waals surface area contributed by atoms with Gasteiger partial charge in [0, 0.05) is 19.1 Å². The molecule has 1 aliphatic heterocycles. The summed E-state index contributed by atoms with van der Waals surface area (Å²) in [6.07, 6.45) is 3.87. The largest absolute Gasteiger partial charge is 0.464 e. The molecule has 1 aromatic heterocycles. The third kappa shape index (κ3) is 2.74. The number of rotatable bonds is 2. The summed E-state index contributed by atoms with van der Waals surface area (Å²) >= 11 is 0. The average Bonchev–Trinajstić information content (AvgIpc) is 2.38. The zero-order valence-electron chi connectivity index (χ0n) is 9.93. The second-order valence-electron chi connectivity index (χ2n) is 4.24. The Morgan fingerprint density at radius 2 is 2.41 bits per heavy atom. The first kappa shape index (κ1) is 11.9. The first-order valence-electron chi connectivity index (χ1n) is 5.75. The van der Waals surface area contributed by atoms with Gasteiger partial charge in [0.2, 0.25) is 0 Å². The Bertz CT molecular complexity index is 391. The van der Waals surface area contributed by atoms with Crippen LogP contribution in [-0.4, -0.2) is 37.2 Å². The van der Waals surface area contributed by atoms with Crippen molar-refractivity contribution < 1.29 is 9.53 Å². The highest BCUT2D eigenvalue weighted by Gasteiger charge is 2.17. The minimum absolute atomic E-state index is 0.226. The lowest BCUT2D eigenvalue weighted by Gasteiger charge is -2.32. The number of nitrogens with zero attached hydrogens (tertiary/aromatic N) is 2. The average molecular weight is 235 g/mol. The zero-order chi connectivity index (χ0) is 12.3. The molecule has 0 saturated carbocycles. The summed E-state index contributed by atoms with van der Waals surface area (Å²) in [4.78, 5) is 17.5. The maximum Gasteiger partial charge on any atom is 0.356 e. The summed E-state index contributed by atoms with van der Waals surface area (Å²) in [6, 6.07) is 3.79. The second kappa shape index (κ2) is 5.14. The van der Waals surface area contributed by atoms with Gasteiger partial charge in [0.05, 0.1) is 19.0 Å². The van der Waals surface area contributed by atoms with Gasteiger partial charge in [-0.25, -0.2) is 9.78 Å². The number of pyridine rings is 1. The Labute approximate surface area is 101 Å². The van der Waals surface area contributed by atoms with Gasteiger partial charge in [-0.15, -0.1) is 0 Å². The molecule has 5 nitrogen and oxygen atoms in total. The fourth-order valence-electron chi connectivity index (χ4n) is 2.04. The van der Waals surface area contributed by atoms with Gasteiger partial charge in [-0.05, 0) is 25.0 Å². The van der Waals surface area contributed by atoms with E-state index in [1.54, 1.807) is 12.3 Å². The fraction of sp³-hybridized carbons (Fsp3) is 0.500. The SMILES string of the molecule is COC(=O)c1ccc(N2CCC[C@H](N)C2)cn1. The lowest BCUT2D eigenvalue weighted by atomic mass is 10.1. The van der Waals surface area contributed by atoms with Crippen molar-refractivity contribution in [3.05, 3.63) is 24.0 Å². The van der Waals surface area contributed by atoms with E-state index in [9.17, 15) is 4.79 Å². The number of ether oxygens (including phenoxy) is 1. The van der Waals surface area contributed by atoms with Crippen molar-refractivity contribution in [2.75, 3.05) is 25.1 Å². The van der Waals surface area contributed by atoms with Crippen molar-refractivity contribution in [2.45, 2.75) is 18.9 Å². The first-order chi connectivity index (χ1) is 8.20. The van der Waals surface area contributed by atoms with Crippen LogP contribution in [0.1, 0.15) is 23.3 Å². The fourth-order valence-corrected chi connectivity index (χ4v) is 2.04. The van der Waals surface area contributed by atoms with Crippen LogP contribution in [0, 0.1) is 0 Å². The molecule has 17 heavy (non-hydrogen) atoms. The first-order valence-corrected chi connectivity index (χ1v) is 5.75. The number of carbonyl (C=O) groups excluding carboxylic acids is 1. The van der Waals surface area contributed by atoms with Crippen molar-refractivity contribution in [3.8, 4) is 0 Å². The Morgan fingerprint density at radius 1 is 1.59 bits per heavy atom. The Morgan fingerprint density at radius 3 is 3.00 bits per heavy atom. The molecule has 1 fully saturated rings. The van der Waals surface area contributed by atoms with Gasteiger partial charge < -0.3 is 15.4 Å². The molecule has 0 spiro atoms. The maximum absolute atomic E-state index is 11.2. The molecule has 1 aliphatic rings. The molecule has 5 heteroatoms. The van der Waals surface area contributed by atoms with E-state index in [-0.39, 0.29) is 6.04 Å². The van der Waals surface area contributed by atoms with Crippen LogP contribution in [0.25, 0.3) is 0 Å². The molecule has 1 atom stereocenters. The summed E-state index contributed by atoms with van der Waals surface area (Å²) in [5.74, 6) is -0.410. The summed E-state index contributed by atoms with van der Waals surface area (Å²) < 4.78 is 4.60. The molecule has 0 radical (unpaired) electrons. The third-order valence-corrected chi connectivity index (χ3v) is 2.97. The van der Waals surface area contributed by atoms with Crippen LogP contribution < -0.4 is 10.6 Å². The van der Waals surface area contributed by atoms with Crippen molar-refractivity contribution in [2.24, 2.45) is 5.73 Å². The van der Waals surface area contributed by atoms with E-state index in [0.29, 0.717) is 5.69 Å². The molecule has 0 aromatic carbocycles. The van der Waals surface area contributed by atoms with Gasteiger partial charge in [-0.3, -0.25) is 0 Å². The van der Waals surface area contributed by atoms with Crippen molar-refractivity contribution >= 4 is 11.7 Å². The minimum Gasteiger partial charge on any atom is -0.464 e. The minimum atomic E-state index is -0.410.